The summed E-state index contributed by atoms with van der Waals surface area (Å²) in [6.45, 7) is 10.3. The van der Waals surface area contributed by atoms with E-state index in [9.17, 15) is 5.21 Å². The zero-order valence-corrected chi connectivity index (χ0v) is 9.01. The number of aromatic nitrogens is 1. The maximum atomic E-state index is 11.4. The van der Waals surface area contributed by atoms with E-state index in [2.05, 4.69) is 20.8 Å². The van der Waals surface area contributed by atoms with E-state index >= 15 is 0 Å². The molecule has 0 aromatic carbocycles. The maximum absolute atomic E-state index is 11.4. The first-order chi connectivity index (χ1) is 5.84. The highest BCUT2D eigenvalue weighted by Gasteiger charge is 2.23. The molecule has 0 fully saturated rings. The highest BCUT2D eigenvalue weighted by molar-refractivity contribution is 5.31. The maximum Gasteiger partial charge on any atom is 0.193 e. The molecule has 2 heteroatoms. The van der Waals surface area contributed by atoms with Gasteiger partial charge in [0.05, 0.1) is 0 Å². The van der Waals surface area contributed by atoms with Crippen molar-refractivity contribution in [2.75, 3.05) is 0 Å². The minimum Gasteiger partial charge on any atom is -0.619 e. The van der Waals surface area contributed by atoms with Gasteiger partial charge in [-0.25, -0.2) is 0 Å². The third kappa shape index (κ3) is 1.82. The molecule has 0 spiro atoms. The molecule has 72 valence electrons. The first-order valence-electron chi connectivity index (χ1n) is 4.54. The van der Waals surface area contributed by atoms with Gasteiger partial charge in [0, 0.05) is 18.6 Å². The Morgan fingerprint density at radius 2 is 1.77 bits per heavy atom. The lowest BCUT2D eigenvalue weighted by Gasteiger charge is -2.22. The Kier molecular flexibility index (Phi) is 2.33. The van der Waals surface area contributed by atoms with E-state index in [1.165, 1.54) is 5.56 Å². The fourth-order valence-electron chi connectivity index (χ4n) is 1.90. The molecule has 1 aromatic heterocycles. The second-order valence-corrected chi connectivity index (χ2v) is 4.53. The third-order valence-corrected chi connectivity index (χ3v) is 2.30. The van der Waals surface area contributed by atoms with E-state index < -0.39 is 0 Å². The molecule has 0 saturated heterocycles. The Bertz CT molecular complexity index is 324. The molecule has 13 heavy (non-hydrogen) atoms. The SMILES string of the molecule is Cc1cc[n+]([O-])c(C)c1C(C)(C)C. The number of pyridine rings is 1. The fourth-order valence-corrected chi connectivity index (χ4v) is 1.90. The van der Waals surface area contributed by atoms with Crippen molar-refractivity contribution in [1.82, 2.24) is 0 Å². The van der Waals surface area contributed by atoms with Gasteiger partial charge in [0.15, 0.2) is 11.9 Å². The van der Waals surface area contributed by atoms with Crippen LogP contribution in [-0.4, -0.2) is 0 Å². The van der Waals surface area contributed by atoms with Crippen molar-refractivity contribution in [3.8, 4) is 0 Å². The normalized spacial score (nSPS) is 11.8. The number of nitrogens with zero attached hydrogens (tertiary/aromatic N) is 1. The summed E-state index contributed by atoms with van der Waals surface area (Å²) in [4.78, 5) is 0. The van der Waals surface area contributed by atoms with Crippen LogP contribution in [0.15, 0.2) is 12.3 Å². The van der Waals surface area contributed by atoms with Crippen LogP contribution in [0.5, 0.6) is 0 Å². The van der Waals surface area contributed by atoms with Crippen molar-refractivity contribution >= 4 is 0 Å². The van der Waals surface area contributed by atoms with Crippen LogP contribution in [-0.2, 0) is 5.41 Å². The first-order valence-corrected chi connectivity index (χ1v) is 4.54. The number of hydrogen-bond acceptors (Lipinski definition) is 1. The van der Waals surface area contributed by atoms with Gasteiger partial charge in [0.1, 0.15) is 0 Å². The molecule has 0 aliphatic carbocycles. The average Bonchev–Trinajstić information content (AvgIpc) is 1.95. The molecule has 1 rings (SSSR count). The Morgan fingerprint density at radius 1 is 1.23 bits per heavy atom. The predicted molar refractivity (Wildman–Crippen MR) is 53.6 cm³/mol. The summed E-state index contributed by atoms with van der Waals surface area (Å²) < 4.78 is 0.938. The lowest BCUT2D eigenvalue weighted by atomic mass is 9.83. The largest absolute Gasteiger partial charge is 0.619 e. The van der Waals surface area contributed by atoms with Crippen LogP contribution in [0.1, 0.15) is 37.6 Å². The van der Waals surface area contributed by atoms with Gasteiger partial charge in [-0.3, -0.25) is 0 Å². The summed E-state index contributed by atoms with van der Waals surface area (Å²) in [7, 11) is 0. The van der Waals surface area contributed by atoms with Gasteiger partial charge in [-0.05, 0) is 17.9 Å². The van der Waals surface area contributed by atoms with Crippen molar-refractivity contribution in [3.63, 3.8) is 0 Å². The van der Waals surface area contributed by atoms with E-state index in [1.807, 2.05) is 19.9 Å². The molecule has 1 heterocycles. The molecule has 1 aromatic rings. The number of aryl methyl sites for hydroxylation is 1. The minimum absolute atomic E-state index is 0.0432. The molecule has 0 unspecified atom stereocenters. The molecule has 0 atom stereocenters. The average molecular weight is 179 g/mol. The van der Waals surface area contributed by atoms with Gasteiger partial charge in [-0.2, -0.15) is 4.73 Å². The van der Waals surface area contributed by atoms with Gasteiger partial charge >= 0.3 is 0 Å². The zero-order chi connectivity index (χ0) is 10.2. The molecule has 0 N–H and O–H groups in total. The van der Waals surface area contributed by atoms with Crippen LogP contribution < -0.4 is 4.73 Å². The lowest BCUT2D eigenvalue weighted by Crippen LogP contribution is -2.34. The van der Waals surface area contributed by atoms with Gasteiger partial charge < -0.3 is 5.21 Å². The lowest BCUT2D eigenvalue weighted by molar-refractivity contribution is -0.613. The third-order valence-electron chi connectivity index (χ3n) is 2.30. The van der Waals surface area contributed by atoms with E-state index in [-0.39, 0.29) is 5.41 Å². The smallest absolute Gasteiger partial charge is 0.193 e. The monoisotopic (exact) mass is 179 g/mol. The van der Waals surface area contributed by atoms with Crippen molar-refractivity contribution in [2.24, 2.45) is 0 Å². The quantitative estimate of drug-likeness (QED) is 0.443. The molecule has 0 amide bonds. The van der Waals surface area contributed by atoms with Crippen molar-refractivity contribution in [1.29, 1.82) is 0 Å². The van der Waals surface area contributed by atoms with Crippen molar-refractivity contribution < 1.29 is 4.73 Å². The van der Waals surface area contributed by atoms with Crippen molar-refractivity contribution in [2.45, 2.75) is 40.0 Å². The Balaban J connectivity index is 3.43. The molecular weight excluding hydrogens is 162 g/mol. The number of hydrogen-bond donors (Lipinski definition) is 0. The van der Waals surface area contributed by atoms with Gasteiger partial charge in [-0.1, -0.05) is 20.8 Å². The highest BCUT2D eigenvalue weighted by Crippen LogP contribution is 2.26. The van der Waals surface area contributed by atoms with Crippen LogP contribution in [0.2, 0.25) is 0 Å². The Labute approximate surface area is 79.8 Å². The first kappa shape index (κ1) is 10.0. The van der Waals surface area contributed by atoms with Crippen LogP contribution in [0, 0.1) is 19.1 Å². The van der Waals surface area contributed by atoms with Crippen LogP contribution >= 0.6 is 0 Å². The molecular formula is C11H17NO. The summed E-state index contributed by atoms with van der Waals surface area (Å²) in [5.74, 6) is 0. The standard InChI is InChI=1S/C11H17NO/c1-8-6-7-12(13)9(2)10(8)11(3,4)5/h6-7H,1-5H3. The predicted octanol–water partition coefficient (Wildman–Crippen LogP) is 2.23. The zero-order valence-electron chi connectivity index (χ0n) is 9.01. The molecule has 0 aliphatic heterocycles. The van der Waals surface area contributed by atoms with E-state index in [4.69, 9.17) is 0 Å². The second kappa shape index (κ2) is 3.02. The molecule has 0 bridgehead atoms. The summed E-state index contributed by atoms with van der Waals surface area (Å²) in [5.41, 5.74) is 3.20. The van der Waals surface area contributed by atoms with Crippen molar-refractivity contribution in [3.05, 3.63) is 34.3 Å². The minimum atomic E-state index is 0.0432. The van der Waals surface area contributed by atoms with Gasteiger partial charge in [0.25, 0.3) is 0 Å². The van der Waals surface area contributed by atoms with Crippen LogP contribution in [0.3, 0.4) is 0 Å². The topological polar surface area (TPSA) is 26.9 Å². The summed E-state index contributed by atoms with van der Waals surface area (Å²) in [6, 6.07) is 1.88. The van der Waals surface area contributed by atoms with E-state index in [0.29, 0.717) is 0 Å². The van der Waals surface area contributed by atoms with Crippen LogP contribution in [0.4, 0.5) is 0 Å². The summed E-state index contributed by atoms with van der Waals surface area (Å²) >= 11 is 0. The van der Waals surface area contributed by atoms with E-state index in [1.54, 1.807) is 6.20 Å². The van der Waals surface area contributed by atoms with Gasteiger partial charge in [0.2, 0.25) is 0 Å². The Morgan fingerprint density at radius 3 is 2.15 bits per heavy atom. The van der Waals surface area contributed by atoms with Crippen LogP contribution in [0.25, 0.3) is 0 Å². The Hall–Kier alpha value is -1.05. The van der Waals surface area contributed by atoms with Gasteiger partial charge in [-0.15, -0.1) is 0 Å². The molecule has 0 radical (unpaired) electrons. The molecule has 2 nitrogen and oxygen atoms in total. The van der Waals surface area contributed by atoms with E-state index in [0.717, 1.165) is 16.0 Å². The summed E-state index contributed by atoms with van der Waals surface area (Å²) in [6.07, 6.45) is 1.57. The highest BCUT2D eigenvalue weighted by atomic mass is 16.5. The summed E-state index contributed by atoms with van der Waals surface area (Å²) in [5, 5.41) is 11.4. The number of rotatable bonds is 0. The fraction of sp³-hybridized carbons (Fsp3) is 0.545. The molecule has 0 aliphatic rings. The molecule has 0 saturated carbocycles. The second-order valence-electron chi connectivity index (χ2n) is 4.53.